The summed E-state index contributed by atoms with van der Waals surface area (Å²) < 4.78 is 42.9. The van der Waals surface area contributed by atoms with Gasteiger partial charge in [-0.05, 0) is 43.3 Å². The van der Waals surface area contributed by atoms with Crippen molar-refractivity contribution >= 4 is 11.8 Å². The Morgan fingerprint density at radius 3 is 2.25 bits per heavy atom. The van der Waals surface area contributed by atoms with Crippen LogP contribution in [0.3, 0.4) is 0 Å². The van der Waals surface area contributed by atoms with Gasteiger partial charge in [0.1, 0.15) is 5.75 Å². The number of alkyl halides is 3. The topological polar surface area (TPSA) is 9.23 Å². The zero-order valence-electron chi connectivity index (χ0n) is 10.8. The second-order valence-corrected chi connectivity index (χ2v) is 5.12. The summed E-state index contributed by atoms with van der Waals surface area (Å²) in [7, 11) is 0. The van der Waals surface area contributed by atoms with Crippen molar-refractivity contribution in [2.45, 2.75) is 22.9 Å². The molecule has 0 N–H and O–H groups in total. The summed E-state index contributed by atoms with van der Waals surface area (Å²) in [4.78, 5) is 1.62. The van der Waals surface area contributed by atoms with Crippen molar-refractivity contribution in [3.8, 4) is 5.75 Å². The molecule has 0 saturated heterocycles. The van der Waals surface area contributed by atoms with E-state index in [-0.39, 0.29) is 0 Å². The molecule has 0 fully saturated rings. The molecule has 0 amide bonds. The highest BCUT2D eigenvalue weighted by Gasteiger charge is 2.29. The van der Waals surface area contributed by atoms with E-state index >= 15 is 0 Å². The Balaban J connectivity index is 2.18. The summed E-state index contributed by atoms with van der Waals surface area (Å²) in [5, 5.41) is 0. The number of halogens is 3. The Labute approximate surface area is 119 Å². The fourth-order valence-electron chi connectivity index (χ4n) is 1.65. The van der Waals surface area contributed by atoms with Crippen LogP contribution in [-0.2, 0) is 6.18 Å². The van der Waals surface area contributed by atoms with Gasteiger partial charge >= 0.3 is 6.18 Å². The van der Waals surface area contributed by atoms with E-state index in [0.29, 0.717) is 6.61 Å². The van der Waals surface area contributed by atoms with Gasteiger partial charge in [0.05, 0.1) is 17.1 Å². The van der Waals surface area contributed by atoms with Crippen LogP contribution in [0.25, 0.3) is 0 Å². The molecule has 0 heterocycles. The second-order valence-electron chi connectivity index (χ2n) is 4.00. The summed E-state index contributed by atoms with van der Waals surface area (Å²) in [6.07, 6.45) is -4.30. The van der Waals surface area contributed by atoms with E-state index in [1.165, 1.54) is 23.9 Å². The molecule has 0 aliphatic rings. The Hall–Kier alpha value is -1.62. The van der Waals surface area contributed by atoms with E-state index in [4.69, 9.17) is 4.74 Å². The molecule has 2 aromatic carbocycles. The van der Waals surface area contributed by atoms with Gasteiger partial charge < -0.3 is 4.74 Å². The minimum atomic E-state index is -4.30. The van der Waals surface area contributed by atoms with E-state index in [1.54, 1.807) is 0 Å². The maximum Gasteiger partial charge on any atom is 0.416 e. The average Bonchev–Trinajstić information content (AvgIpc) is 2.41. The lowest BCUT2D eigenvalue weighted by Crippen LogP contribution is -2.03. The van der Waals surface area contributed by atoms with Crippen LogP contribution in [0.4, 0.5) is 13.2 Å². The van der Waals surface area contributed by atoms with Gasteiger partial charge in [-0.1, -0.05) is 23.9 Å². The molecule has 0 unspecified atom stereocenters. The first-order valence-corrected chi connectivity index (χ1v) is 6.89. The van der Waals surface area contributed by atoms with Crippen molar-refractivity contribution in [2.24, 2.45) is 0 Å². The SMILES string of the molecule is CCOc1ccccc1Sc1ccc(C(F)(F)F)cc1. The van der Waals surface area contributed by atoms with Crippen LogP contribution >= 0.6 is 11.8 Å². The van der Waals surface area contributed by atoms with E-state index in [0.717, 1.165) is 27.7 Å². The summed E-state index contributed by atoms with van der Waals surface area (Å²) in [6.45, 7) is 2.43. The van der Waals surface area contributed by atoms with Crippen LogP contribution in [0.5, 0.6) is 5.75 Å². The van der Waals surface area contributed by atoms with Crippen molar-refractivity contribution in [2.75, 3.05) is 6.61 Å². The Kier molecular flexibility index (Phi) is 4.60. The molecule has 0 aromatic heterocycles. The second kappa shape index (κ2) is 6.22. The number of para-hydroxylation sites is 1. The molecule has 2 aromatic rings. The van der Waals surface area contributed by atoms with Gasteiger partial charge in [-0.3, -0.25) is 0 Å². The summed E-state index contributed by atoms with van der Waals surface area (Å²) in [6, 6.07) is 12.6. The van der Waals surface area contributed by atoms with Crippen molar-refractivity contribution < 1.29 is 17.9 Å². The smallest absolute Gasteiger partial charge is 0.416 e. The minimum absolute atomic E-state index is 0.546. The predicted molar refractivity (Wildman–Crippen MR) is 73.2 cm³/mol. The van der Waals surface area contributed by atoms with E-state index < -0.39 is 11.7 Å². The molecular formula is C15H13F3OS. The summed E-state index contributed by atoms with van der Waals surface area (Å²) in [5.74, 6) is 0.736. The zero-order valence-corrected chi connectivity index (χ0v) is 11.6. The number of rotatable bonds is 4. The van der Waals surface area contributed by atoms with Gasteiger partial charge in [0.2, 0.25) is 0 Å². The highest BCUT2D eigenvalue weighted by Crippen LogP contribution is 2.36. The van der Waals surface area contributed by atoms with E-state index in [1.807, 2.05) is 31.2 Å². The maximum atomic E-state index is 12.5. The van der Waals surface area contributed by atoms with Crippen molar-refractivity contribution in [3.63, 3.8) is 0 Å². The highest BCUT2D eigenvalue weighted by atomic mass is 32.2. The predicted octanol–water partition coefficient (Wildman–Crippen LogP) is 5.26. The van der Waals surface area contributed by atoms with E-state index in [9.17, 15) is 13.2 Å². The normalized spacial score (nSPS) is 11.4. The number of benzene rings is 2. The quantitative estimate of drug-likeness (QED) is 0.762. The first-order valence-electron chi connectivity index (χ1n) is 6.07. The van der Waals surface area contributed by atoms with Crippen molar-refractivity contribution in [1.29, 1.82) is 0 Å². The van der Waals surface area contributed by atoms with Crippen LogP contribution in [0, 0.1) is 0 Å². The first kappa shape index (κ1) is 14.8. The third kappa shape index (κ3) is 3.70. The molecule has 106 valence electrons. The number of hydrogen-bond donors (Lipinski definition) is 0. The van der Waals surface area contributed by atoms with Gasteiger partial charge in [0.25, 0.3) is 0 Å². The van der Waals surface area contributed by atoms with Crippen LogP contribution in [-0.4, -0.2) is 6.61 Å². The zero-order chi connectivity index (χ0) is 14.6. The summed E-state index contributed by atoms with van der Waals surface area (Å²) >= 11 is 1.38. The van der Waals surface area contributed by atoms with Crippen molar-refractivity contribution in [3.05, 3.63) is 54.1 Å². The monoisotopic (exact) mass is 298 g/mol. The standard InChI is InChI=1S/C15H13F3OS/c1-2-19-13-5-3-4-6-14(13)20-12-9-7-11(8-10-12)15(16,17)18/h3-10H,2H2,1H3. The molecule has 0 atom stereocenters. The van der Waals surface area contributed by atoms with Gasteiger partial charge in [-0.15, -0.1) is 0 Å². The van der Waals surface area contributed by atoms with Gasteiger partial charge in [0, 0.05) is 4.90 Å². The largest absolute Gasteiger partial charge is 0.493 e. The molecule has 0 saturated carbocycles. The van der Waals surface area contributed by atoms with Crippen LogP contribution < -0.4 is 4.74 Å². The molecule has 1 nitrogen and oxygen atoms in total. The fraction of sp³-hybridized carbons (Fsp3) is 0.200. The number of ether oxygens (including phenoxy) is 1. The summed E-state index contributed by atoms with van der Waals surface area (Å²) in [5.41, 5.74) is -0.639. The average molecular weight is 298 g/mol. The minimum Gasteiger partial charge on any atom is -0.493 e. The highest BCUT2D eigenvalue weighted by molar-refractivity contribution is 7.99. The lowest BCUT2D eigenvalue weighted by Gasteiger charge is -2.10. The Morgan fingerprint density at radius 1 is 1.00 bits per heavy atom. The Morgan fingerprint density at radius 2 is 1.65 bits per heavy atom. The molecule has 0 radical (unpaired) electrons. The molecular weight excluding hydrogens is 285 g/mol. The molecule has 0 spiro atoms. The lowest BCUT2D eigenvalue weighted by molar-refractivity contribution is -0.137. The van der Waals surface area contributed by atoms with Crippen molar-refractivity contribution in [1.82, 2.24) is 0 Å². The molecule has 0 bridgehead atoms. The Bertz CT molecular complexity index is 564. The van der Waals surface area contributed by atoms with Crippen LogP contribution in [0.1, 0.15) is 12.5 Å². The molecule has 20 heavy (non-hydrogen) atoms. The maximum absolute atomic E-state index is 12.5. The third-order valence-corrected chi connectivity index (χ3v) is 3.62. The number of hydrogen-bond acceptors (Lipinski definition) is 2. The van der Waals surface area contributed by atoms with Gasteiger partial charge in [-0.25, -0.2) is 0 Å². The van der Waals surface area contributed by atoms with E-state index in [2.05, 4.69) is 0 Å². The van der Waals surface area contributed by atoms with Crippen LogP contribution in [0.15, 0.2) is 58.3 Å². The molecule has 5 heteroatoms. The van der Waals surface area contributed by atoms with Crippen LogP contribution in [0.2, 0.25) is 0 Å². The van der Waals surface area contributed by atoms with Gasteiger partial charge in [-0.2, -0.15) is 13.2 Å². The first-order chi connectivity index (χ1) is 9.50. The lowest BCUT2D eigenvalue weighted by atomic mass is 10.2. The molecule has 0 aliphatic carbocycles. The van der Waals surface area contributed by atoms with Gasteiger partial charge in [0.15, 0.2) is 0 Å². The molecule has 2 rings (SSSR count). The third-order valence-electron chi connectivity index (χ3n) is 2.56. The fourth-order valence-corrected chi connectivity index (χ4v) is 2.55. The molecule has 0 aliphatic heterocycles.